The number of hydrogen-bond donors (Lipinski definition) is 3. The van der Waals surface area contributed by atoms with Crippen molar-refractivity contribution in [2.75, 3.05) is 26.3 Å². The second kappa shape index (κ2) is 7.85. The van der Waals surface area contributed by atoms with Crippen molar-refractivity contribution in [3.63, 3.8) is 0 Å². The fraction of sp³-hybridized carbons (Fsp3) is 0.571. The number of aliphatic hydroxyl groups excluding tert-OH is 2. The van der Waals surface area contributed by atoms with E-state index in [9.17, 15) is 5.11 Å². The molecule has 0 amide bonds. The first-order valence-electron chi connectivity index (χ1n) is 6.31. The van der Waals surface area contributed by atoms with E-state index in [1.807, 2.05) is 38.1 Å². The minimum absolute atomic E-state index is 0.116. The summed E-state index contributed by atoms with van der Waals surface area (Å²) < 4.78 is 6.43. The van der Waals surface area contributed by atoms with Crippen molar-refractivity contribution in [3.05, 3.63) is 28.7 Å². The summed E-state index contributed by atoms with van der Waals surface area (Å²) in [5.41, 5.74) is -0.176. The van der Waals surface area contributed by atoms with Gasteiger partial charge in [0.1, 0.15) is 18.5 Å². The lowest BCUT2D eigenvalue weighted by atomic mass is 9.95. The third kappa shape index (κ3) is 6.92. The maximum Gasteiger partial charge on any atom is 0.120 e. The van der Waals surface area contributed by atoms with Crippen LogP contribution in [0.3, 0.4) is 0 Å². The van der Waals surface area contributed by atoms with Crippen molar-refractivity contribution in [1.29, 1.82) is 0 Å². The Morgan fingerprint density at radius 2 is 2.16 bits per heavy atom. The lowest BCUT2D eigenvalue weighted by molar-refractivity contribution is 0.0980. The zero-order chi connectivity index (χ0) is 14.3. The smallest absolute Gasteiger partial charge is 0.120 e. The van der Waals surface area contributed by atoms with Crippen molar-refractivity contribution >= 4 is 15.9 Å². The Hall–Kier alpha value is -0.620. The van der Waals surface area contributed by atoms with Crippen molar-refractivity contribution in [2.45, 2.75) is 20.0 Å². The summed E-state index contributed by atoms with van der Waals surface area (Å²) in [6.45, 7) is 5.37. The molecule has 3 N–H and O–H groups in total. The SMILES string of the molecule is CC(C)(CO)CNCC(O)COc1cccc(Br)c1. The molecule has 1 rings (SSSR count). The van der Waals surface area contributed by atoms with Crippen LogP contribution < -0.4 is 10.1 Å². The standard InChI is InChI=1S/C14H22BrNO3/c1-14(2,10-17)9-16-7-12(18)8-19-13-5-3-4-11(15)6-13/h3-6,12,16-18H,7-10H2,1-2H3. The summed E-state index contributed by atoms with van der Waals surface area (Å²) in [6.07, 6.45) is -0.575. The average Bonchev–Trinajstić information content (AvgIpc) is 2.36. The molecule has 0 aliphatic heterocycles. The first-order valence-corrected chi connectivity index (χ1v) is 7.10. The summed E-state index contributed by atoms with van der Waals surface area (Å²) in [5.74, 6) is 0.726. The van der Waals surface area contributed by atoms with Crippen LogP contribution in [0.25, 0.3) is 0 Å². The lowest BCUT2D eigenvalue weighted by Gasteiger charge is -2.23. The van der Waals surface area contributed by atoms with Crippen molar-refractivity contribution < 1.29 is 14.9 Å². The van der Waals surface area contributed by atoms with Crippen LogP contribution in [0.1, 0.15) is 13.8 Å². The molecule has 1 unspecified atom stereocenters. The quantitative estimate of drug-likeness (QED) is 0.679. The molecule has 0 fully saturated rings. The van der Waals surface area contributed by atoms with Gasteiger partial charge in [0, 0.05) is 29.6 Å². The van der Waals surface area contributed by atoms with E-state index in [-0.39, 0.29) is 18.6 Å². The van der Waals surface area contributed by atoms with Gasteiger partial charge < -0.3 is 20.3 Å². The minimum atomic E-state index is -0.575. The highest BCUT2D eigenvalue weighted by Crippen LogP contribution is 2.17. The first-order chi connectivity index (χ1) is 8.93. The molecule has 0 aromatic heterocycles. The van der Waals surface area contributed by atoms with E-state index in [0.29, 0.717) is 13.1 Å². The fourth-order valence-electron chi connectivity index (χ4n) is 1.44. The molecule has 0 radical (unpaired) electrons. The summed E-state index contributed by atoms with van der Waals surface area (Å²) in [6, 6.07) is 7.50. The first kappa shape index (κ1) is 16.4. The van der Waals surface area contributed by atoms with E-state index >= 15 is 0 Å². The number of ether oxygens (including phenoxy) is 1. The van der Waals surface area contributed by atoms with Gasteiger partial charge in [-0.15, -0.1) is 0 Å². The highest BCUT2D eigenvalue weighted by Gasteiger charge is 2.16. The van der Waals surface area contributed by atoms with Crippen LogP contribution in [-0.4, -0.2) is 42.6 Å². The Kier molecular flexibility index (Phi) is 6.79. The molecule has 1 atom stereocenters. The third-order valence-electron chi connectivity index (χ3n) is 2.65. The van der Waals surface area contributed by atoms with E-state index < -0.39 is 6.10 Å². The van der Waals surface area contributed by atoms with Crippen LogP contribution in [0.5, 0.6) is 5.75 Å². The van der Waals surface area contributed by atoms with E-state index in [2.05, 4.69) is 21.2 Å². The topological polar surface area (TPSA) is 61.7 Å². The van der Waals surface area contributed by atoms with Gasteiger partial charge in [-0.05, 0) is 18.2 Å². The maximum absolute atomic E-state index is 9.79. The minimum Gasteiger partial charge on any atom is -0.491 e. The van der Waals surface area contributed by atoms with Crippen molar-refractivity contribution in [3.8, 4) is 5.75 Å². The number of nitrogens with one attached hydrogen (secondary N) is 1. The molecule has 19 heavy (non-hydrogen) atoms. The van der Waals surface area contributed by atoms with Crippen LogP contribution in [0.4, 0.5) is 0 Å². The molecular weight excluding hydrogens is 310 g/mol. The molecule has 1 aromatic rings. The number of halogens is 1. The van der Waals surface area contributed by atoms with Gasteiger partial charge in [0.15, 0.2) is 0 Å². The van der Waals surface area contributed by atoms with Gasteiger partial charge in [0.05, 0.1) is 0 Å². The average molecular weight is 332 g/mol. The number of aliphatic hydroxyl groups is 2. The van der Waals surface area contributed by atoms with Crippen molar-refractivity contribution in [1.82, 2.24) is 5.32 Å². The molecular formula is C14H22BrNO3. The van der Waals surface area contributed by atoms with Gasteiger partial charge in [0.25, 0.3) is 0 Å². The van der Waals surface area contributed by atoms with E-state index in [0.717, 1.165) is 10.2 Å². The highest BCUT2D eigenvalue weighted by atomic mass is 79.9. The Bertz CT molecular complexity index is 385. The summed E-state index contributed by atoms with van der Waals surface area (Å²) in [7, 11) is 0. The van der Waals surface area contributed by atoms with E-state index in [1.54, 1.807) is 0 Å². The number of hydrogen-bond acceptors (Lipinski definition) is 4. The molecule has 5 heteroatoms. The van der Waals surface area contributed by atoms with Gasteiger partial charge in [-0.1, -0.05) is 35.8 Å². The van der Waals surface area contributed by atoms with Crippen LogP contribution in [0, 0.1) is 5.41 Å². The molecule has 0 heterocycles. The summed E-state index contributed by atoms with van der Waals surface area (Å²) in [5, 5.41) is 22.0. The van der Waals surface area contributed by atoms with Crippen LogP contribution in [0.15, 0.2) is 28.7 Å². The highest BCUT2D eigenvalue weighted by molar-refractivity contribution is 9.10. The molecule has 0 saturated heterocycles. The molecule has 1 aromatic carbocycles. The normalized spacial score (nSPS) is 13.3. The van der Waals surface area contributed by atoms with E-state index in [4.69, 9.17) is 9.84 Å². The summed E-state index contributed by atoms with van der Waals surface area (Å²) >= 11 is 3.36. The van der Waals surface area contributed by atoms with Gasteiger partial charge in [-0.2, -0.15) is 0 Å². The largest absolute Gasteiger partial charge is 0.491 e. The van der Waals surface area contributed by atoms with E-state index in [1.165, 1.54) is 0 Å². The molecule has 0 aliphatic rings. The van der Waals surface area contributed by atoms with Gasteiger partial charge >= 0.3 is 0 Å². The number of rotatable bonds is 8. The molecule has 0 bridgehead atoms. The maximum atomic E-state index is 9.79. The Morgan fingerprint density at radius 1 is 1.42 bits per heavy atom. The second-order valence-corrected chi connectivity index (χ2v) is 6.29. The van der Waals surface area contributed by atoms with Crippen LogP contribution >= 0.6 is 15.9 Å². The fourth-order valence-corrected chi connectivity index (χ4v) is 1.82. The Balaban J connectivity index is 2.23. The van der Waals surface area contributed by atoms with Crippen molar-refractivity contribution in [2.24, 2.45) is 5.41 Å². The molecule has 0 aliphatic carbocycles. The zero-order valence-corrected chi connectivity index (χ0v) is 13.0. The Morgan fingerprint density at radius 3 is 2.79 bits per heavy atom. The predicted molar refractivity (Wildman–Crippen MR) is 79.4 cm³/mol. The summed E-state index contributed by atoms with van der Waals surface area (Å²) in [4.78, 5) is 0. The monoisotopic (exact) mass is 331 g/mol. The predicted octanol–water partition coefficient (Wildman–Crippen LogP) is 1.80. The zero-order valence-electron chi connectivity index (χ0n) is 11.4. The van der Waals surface area contributed by atoms with Gasteiger partial charge in [-0.25, -0.2) is 0 Å². The molecule has 0 spiro atoms. The molecule has 4 nitrogen and oxygen atoms in total. The van der Waals surface area contributed by atoms with Gasteiger partial charge in [0.2, 0.25) is 0 Å². The second-order valence-electron chi connectivity index (χ2n) is 5.38. The van der Waals surface area contributed by atoms with Crippen LogP contribution in [0.2, 0.25) is 0 Å². The lowest BCUT2D eigenvalue weighted by Crippen LogP contribution is -2.38. The Labute approximate surface area is 122 Å². The van der Waals surface area contributed by atoms with Gasteiger partial charge in [-0.3, -0.25) is 0 Å². The van der Waals surface area contributed by atoms with Crippen LogP contribution in [-0.2, 0) is 0 Å². The third-order valence-corrected chi connectivity index (χ3v) is 3.14. The molecule has 0 saturated carbocycles. The molecule has 108 valence electrons. The number of benzene rings is 1.